The van der Waals surface area contributed by atoms with E-state index < -0.39 is 18.4 Å². The smallest absolute Gasteiger partial charge is 0.152 e. The third-order valence-corrected chi connectivity index (χ3v) is 3.30. The Bertz CT molecular complexity index is 680. The van der Waals surface area contributed by atoms with Crippen LogP contribution in [0.25, 0.3) is 21.5 Å². The van der Waals surface area contributed by atoms with Gasteiger partial charge in [0, 0.05) is 17.5 Å². The summed E-state index contributed by atoms with van der Waals surface area (Å²) in [5.74, 6) is 0.202. The molecular weight excluding hydrogens is 264 g/mol. The van der Waals surface area contributed by atoms with Crippen LogP contribution >= 0.6 is 0 Å². The largest absolute Gasteiger partial charge is 0.394 e. The lowest BCUT2D eigenvalue weighted by atomic mass is 10.2. The molecule has 0 spiro atoms. The molecule has 0 amide bonds. The zero-order valence-corrected chi connectivity index (χ0v) is 10.4. The fourth-order valence-electron chi connectivity index (χ4n) is 2.35. The Morgan fingerprint density at radius 2 is 2.40 bits per heavy atom. The number of azide groups is 1. The molecule has 0 saturated carbocycles. The number of hydrogen-bond donors (Lipinski definition) is 2. The van der Waals surface area contributed by atoms with Crippen LogP contribution in [-0.2, 0) is 4.74 Å². The highest BCUT2D eigenvalue weighted by Gasteiger charge is 2.35. The average molecular weight is 276 g/mol. The minimum atomic E-state index is -0.748. The number of pyridine rings is 1. The molecule has 20 heavy (non-hydrogen) atoms. The predicted octanol–water partition coefficient (Wildman–Crippen LogP) is 1.01. The average Bonchev–Trinajstić information content (AvgIpc) is 3.03. The van der Waals surface area contributed by atoms with Crippen molar-refractivity contribution in [1.82, 2.24) is 14.5 Å². The number of hydrogen-bond acceptors (Lipinski definition) is 6. The Labute approximate surface area is 113 Å². The highest BCUT2D eigenvalue weighted by atomic mass is 16.5. The van der Waals surface area contributed by atoms with Crippen molar-refractivity contribution in [1.29, 1.82) is 0 Å². The molecule has 1 aliphatic heterocycles. The summed E-state index contributed by atoms with van der Waals surface area (Å²) in [7, 11) is 0. The van der Waals surface area contributed by atoms with Crippen molar-refractivity contribution in [2.24, 2.45) is 5.11 Å². The monoisotopic (exact) mass is 276 g/mol. The molecule has 9 nitrogen and oxygen atoms in total. The molecule has 3 unspecified atom stereocenters. The third-order valence-electron chi connectivity index (χ3n) is 3.30. The molecule has 2 aromatic heterocycles. The van der Waals surface area contributed by atoms with Crippen LogP contribution in [0.1, 0.15) is 12.6 Å². The van der Waals surface area contributed by atoms with E-state index in [1.807, 2.05) is 0 Å². The molecule has 0 aromatic carbocycles. The molecule has 1 saturated heterocycles. The number of nitrogens with zero attached hydrogens (tertiary/aromatic N) is 6. The van der Waals surface area contributed by atoms with Crippen molar-refractivity contribution in [3.8, 4) is 0 Å². The molecule has 3 atom stereocenters. The Morgan fingerprint density at radius 3 is 3.10 bits per heavy atom. The third kappa shape index (κ3) is 1.98. The lowest BCUT2D eigenvalue weighted by molar-refractivity contribution is -0.0430. The quantitative estimate of drug-likeness (QED) is 0.491. The Kier molecular flexibility index (Phi) is 3.25. The molecule has 0 bridgehead atoms. The molecule has 0 aliphatic carbocycles. The number of aromatic nitrogens is 3. The number of ether oxygens (including phenoxy) is 1. The summed E-state index contributed by atoms with van der Waals surface area (Å²) in [4.78, 5) is 10.9. The summed E-state index contributed by atoms with van der Waals surface area (Å²) in [6.07, 6.45) is 1.51. The number of aliphatic hydroxyl groups is 2. The van der Waals surface area contributed by atoms with Gasteiger partial charge in [-0.15, -0.1) is 0 Å². The fraction of sp³-hybridized carbons (Fsp3) is 0.455. The van der Waals surface area contributed by atoms with Gasteiger partial charge in [0.15, 0.2) is 5.82 Å². The van der Waals surface area contributed by atoms with Crippen LogP contribution in [0.3, 0.4) is 0 Å². The van der Waals surface area contributed by atoms with E-state index in [0.717, 1.165) is 0 Å². The zero-order valence-electron chi connectivity index (χ0n) is 10.4. The minimum Gasteiger partial charge on any atom is -0.394 e. The highest BCUT2D eigenvalue weighted by molar-refractivity contribution is 5.84. The van der Waals surface area contributed by atoms with Crippen molar-refractivity contribution in [2.45, 2.75) is 24.9 Å². The fourth-order valence-corrected chi connectivity index (χ4v) is 2.35. The highest BCUT2D eigenvalue weighted by Crippen LogP contribution is 2.33. The van der Waals surface area contributed by atoms with E-state index in [1.54, 1.807) is 17.0 Å². The lowest BCUT2D eigenvalue weighted by Crippen LogP contribution is -2.24. The summed E-state index contributed by atoms with van der Waals surface area (Å²) in [5, 5.41) is 22.4. The first kappa shape index (κ1) is 12.8. The Morgan fingerprint density at radius 1 is 1.55 bits per heavy atom. The summed E-state index contributed by atoms with van der Waals surface area (Å²) in [6, 6.07) is 1.69. The number of imidazole rings is 1. The second-order valence-corrected chi connectivity index (χ2v) is 4.46. The van der Waals surface area contributed by atoms with E-state index in [4.69, 9.17) is 15.4 Å². The molecule has 104 valence electrons. The SMILES string of the molecule is [N-]=[N+]=Nc1nccc2ncn(C3CC(O)C(CO)O3)c12. The first-order valence-electron chi connectivity index (χ1n) is 6.05. The number of aliphatic hydroxyl groups excluding tert-OH is 2. The van der Waals surface area contributed by atoms with Crippen LogP contribution in [0.15, 0.2) is 23.7 Å². The molecule has 1 fully saturated rings. The maximum absolute atomic E-state index is 9.79. The van der Waals surface area contributed by atoms with Gasteiger partial charge in [0.1, 0.15) is 12.3 Å². The zero-order chi connectivity index (χ0) is 14.1. The molecule has 9 heteroatoms. The Hall–Kier alpha value is -2.19. The molecule has 2 N–H and O–H groups in total. The van der Waals surface area contributed by atoms with Gasteiger partial charge >= 0.3 is 0 Å². The number of fused-ring (bicyclic) bond motifs is 1. The summed E-state index contributed by atoms with van der Waals surface area (Å²) in [6.45, 7) is -0.258. The molecule has 3 rings (SSSR count). The van der Waals surface area contributed by atoms with Crippen molar-refractivity contribution in [2.75, 3.05) is 6.61 Å². The second-order valence-electron chi connectivity index (χ2n) is 4.46. The summed E-state index contributed by atoms with van der Waals surface area (Å²) >= 11 is 0. The Balaban J connectivity index is 2.06. The first-order chi connectivity index (χ1) is 9.74. The number of rotatable bonds is 3. The van der Waals surface area contributed by atoms with Gasteiger partial charge in [-0.3, -0.25) is 4.98 Å². The standard InChI is InChI=1S/C11H12N6O3/c12-16-15-11-10-6(1-2-13-11)14-5-17(10)9-3-7(19)8(4-18)20-9/h1-2,5,7-9,18-19H,3-4H2. The van der Waals surface area contributed by atoms with Gasteiger partial charge in [0.25, 0.3) is 0 Å². The van der Waals surface area contributed by atoms with Crippen LogP contribution in [0.5, 0.6) is 0 Å². The van der Waals surface area contributed by atoms with Gasteiger partial charge < -0.3 is 19.5 Å². The molecular formula is C11H12N6O3. The van der Waals surface area contributed by atoms with Crippen LogP contribution in [0, 0.1) is 0 Å². The van der Waals surface area contributed by atoms with E-state index in [2.05, 4.69) is 20.0 Å². The van der Waals surface area contributed by atoms with Gasteiger partial charge in [-0.1, -0.05) is 0 Å². The van der Waals surface area contributed by atoms with Gasteiger partial charge in [0.2, 0.25) is 0 Å². The van der Waals surface area contributed by atoms with Gasteiger partial charge in [-0.2, -0.15) is 0 Å². The molecule has 1 aliphatic rings. The van der Waals surface area contributed by atoms with Crippen LogP contribution in [0.2, 0.25) is 0 Å². The van der Waals surface area contributed by atoms with E-state index in [-0.39, 0.29) is 12.4 Å². The van der Waals surface area contributed by atoms with Crippen LogP contribution < -0.4 is 0 Å². The second kappa shape index (κ2) is 5.06. The van der Waals surface area contributed by atoms with Gasteiger partial charge in [0.05, 0.1) is 30.1 Å². The van der Waals surface area contributed by atoms with E-state index in [9.17, 15) is 5.11 Å². The maximum Gasteiger partial charge on any atom is 0.152 e. The molecule has 0 radical (unpaired) electrons. The lowest BCUT2D eigenvalue weighted by Gasteiger charge is -2.14. The van der Waals surface area contributed by atoms with Gasteiger partial charge in [-0.25, -0.2) is 4.98 Å². The van der Waals surface area contributed by atoms with Gasteiger partial charge in [-0.05, 0) is 16.7 Å². The molecule has 3 heterocycles. The minimum absolute atomic E-state index is 0.202. The summed E-state index contributed by atoms with van der Waals surface area (Å²) < 4.78 is 7.23. The predicted molar refractivity (Wildman–Crippen MR) is 68.0 cm³/mol. The summed E-state index contributed by atoms with van der Waals surface area (Å²) in [5.41, 5.74) is 9.74. The van der Waals surface area contributed by atoms with E-state index in [0.29, 0.717) is 17.5 Å². The maximum atomic E-state index is 9.79. The van der Waals surface area contributed by atoms with Crippen LogP contribution in [0.4, 0.5) is 5.82 Å². The topological polar surface area (TPSA) is 129 Å². The molecule has 2 aromatic rings. The first-order valence-corrected chi connectivity index (χ1v) is 6.05. The normalized spacial score (nSPS) is 25.8. The van der Waals surface area contributed by atoms with Crippen molar-refractivity contribution < 1.29 is 14.9 Å². The van der Waals surface area contributed by atoms with E-state index in [1.165, 1.54) is 6.20 Å². The van der Waals surface area contributed by atoms with Crippen LogP contribution in [-0.4, -0.2) is 43.6 Å². The van der Waals surface area contributed by atoms with Crippen molar-refractivity contribution in [3.05, 3.63) is 29.0 Å². The van der Waals surface area contributed by atoms with Crippen molar-refractivity contribution >= 4 is 16.9 Å². The van der Waals surface area contributed by atoms with Crippen molar-refractivity contribution in [3.63, 3.8) is 0 Å². The van der Waals surface area contributed by atoms with E-state index >= 15 is 0 Å².